The number of methoxy groups -OCH3 is 1. The van der Waals surface area contributed by atoms with Crippen LogP contribution >= 0.6 is 11.8 Å². The van der Waals surface area contributed by atoms with Crippen LogP contribution in [0.2, 0.25) is 0 Å². The van der Waals surface area contributed by atoms with Gasteiger partial charge in [0.05, 0.1) is 12.2 Å². The molecule has 0 unspecified atom stereocenters. The number of carbonyl (C=O) groups is 1. The maximum absolute atomic E-state index is 11.2. The molecule has 1 atom stereocenters. The predicted molar refractivity (Wildman–Crippen MR) is 59.8 cm³/mol. The predicted octanol–water partition coefficient (Wildman–Crippen LogP) is 2.11. The molecule has 0 saturated heterocycles. The summed E-state index contributed by atoms with van der Waals surface area (Å²) in [6.45, 7) is 6.50. The van der Waals surface area contributed by atoms with Gasteiger partial charge in [-0.15, -0.1) is 11.8 Å². The Labute approximate surface area is 89.3 Å². The SMILES string of the molecule is COC(=O)[C@@H]1CSC(CC(C)(C)C)=N1. The molecule has 0 aromatic rings. The van der Waals surface area contributed by atoms with E-state index in [1.165, 1.54) is 7.11 Å². The number of aliphatic imine (C=N–C) groups is 1. The van der Waals surface area contributed by atoms with Crippen molar-refractivity contribution in [3.63, 3.8) is 0 Å². The molecule has 0 aliphatic carbocycles. The molecule has 0 N–H and O–H groups in total. The molecule has 0 spiro atoms. The molecular weight excluding hydrogens is 198 g/mol. The summed E-state index contributed by atoms with van der Waals surface area (Å²) in [5, 5.41) is 1.08. The van der Waals surface area contributed by atoms with Gasteiger partial charge in [0.25, 0.3) is 0 Å². The number of ether oxygens (including phenoxy) is 1. The minimum atomic E-state index is -0.276. The van der Waals surface area contributed by atoms with E-state index in [1.807, 2.05) is 0 Å². The Bertz CT molecular complexity index is 255. The van der Waals surface area contributed by atoms with Crippen molar-refractivity contribution in [2.45, 2.75) is 33.2 Å². The van der Waals surface area contributed by atoms with Gasteiger partial charge in [-0.1, -0.05) is 20.8 Å². The quantitative estimate of drug-likeness (QED) is 0.662. The molecule has 1 aliphatic rings. The lowest BCUT2D eigenvalue weighted by Crippen LogP contribution is -2.19. The summed E-state index contributed by atoms with van der Waals surface area (Å²) in [6, 6.07) is -0.276. The maximum Gasteiger partial charge on any atom is 0.331 e. The van der Waals surface area contributed by atoms with E-state index in [-0.39, 0.29) is 17.4 Å². The van der Waals surface area contributed by atoms with E-state index in [1.54, 1.807) is 11.8 Å². The Morgan fingerprint density at radius 3 is 2.79 bits per heavy atom. The Balaban J connectivity index is 2.55. The second-order valence-corrected chi connectivity index (χ2v) is 5.70. The Morgan fingerprint density at radius 1 is 1.64 bits per heavy atom. The standard InChI is InChI=1S/C10H17NO2S/c1-10(2,3)5-8-11-7(6-14-8)9(12)13-4/h7H,5-6H2,1-4H3/t7-/m0/s1. The van der Waals surface area contributed by atoms with Crippen LogP contribution in [-0.4, -0.2) is 29.9 Å². The second-order valence-electron chi connectivity index (χ2n) is 4.61. The first-order valence-corrected chi connectivity index (χ1v) is 5.68. The molecular formula is C10H17NO2S. The van der Waals surface area contributed by atoms with Crippen LogP contribution in [0.5, 0.6) is 0 Å². The highest BCUT2D eigenvalue weighted by Crippen LogP contribution is 2.28. The van der Waals surface area contributed by atoms with Crippen molar-refractivity contribution in [3.8, 4) is 0 Å². The van der Waals surface area contributed by atoms with Crippen molar-refractivity contribution < 1.29 is 9.53 Å². The zero-order chi connectivity index (χ0) is 10.8. The van der Waals surface area contributed by atoms with Crippen molar-refractivity contribution in [2.24, 2.45) is 10.4 Å². The highest BCUT2D eigenvalue weighted by atomic mass is 32.2. The molecule has 1 rings (SSSR count). The Hall–Kier alpha value is -0.510. The lowest BCUT2D eigenvalue weighted by molar-refractivity contribution is -0.141. The summed E-state index contributed by atoms with van der Waals surface area (Å²) >= 11 is 1.67. The van der Waals surface area contributed by atoms with E-state index in [0.717, 1.165) is 17.2 Å². The summed E-state index contributed by atoms with van der Waals surface area (Å²) in [4.78, 5) is 15.5. The van der Waals surface area contributed by atoms with Gasteiger partial charge in [0.15, 0.2) is 6.04 Å². The van der Waals surface area contributed by atoms with Crippen LogP contribution in [0.15, 0.2) is 4.99 Å². The normalized spacial score (nSPS) is 22.0. The molecule has 0 bridgehead atoms. The van der Waals surface area contributed by atoms with Crippen molar-refractivity contribution >= 4 is 22.8 Å². The Kier molecular flexibility index (Phi) is 3.59. The fraction of sp³-hybridized carbons (Fsp3) is 0.800. The van der Waals surface area contributed by atoms with E-state index in [2.05, 4.69) is 30.5 Å². The number of esters is 1. The highest BCUT2D eigenvalue weighted by Gasteiger charge is 2.27. The lowest BCUT2D eigenvalue weighted by atomic mass is 9.93. The maximum atomic E-state index is 11.2. The van der Waals surface area contributed by atoms with Crippen molar-refractivity contribution in [2.75, 3.05) is 12.9 Å². The summed E-state index contributed by atoms with van der Waals surface area (Å²) in [5.74, 6) is 0.513. The van der Waals surface area contributed by atoms with E-state index >= 15 is 0 Å². The van der Waals surface area contributed by atoms with E-state index in [4.69, 9.17) is 0 Å². The monoisotopic (exact) mass is 215 g/mol. The molecule has 0 aromatic carbocycles. The van der Waals surface area contributed by atoms with Crippen LogP contribution in [0.3, 0.4) is 0 Å². The molecule has 0 saturated carbocycles. The number of thioether (sulfide) groups is 1. The summed E-state index contributed by atoms with van der Waals surface area (Å²) in [6.07, 6.45) is 0.936. The van der Waals surface area contributed by atoms with Gasteiger partial charge in [-0.25, -0.2) is 4.79 Å². The third kappa shape index (κ3) is 3.33. The van der Waals surface area contributed by atoms with Gasteiger partial charge in [0, 0.05) is 12.2 Å². The molecule has 4 heteroatoms. The number of nitrogens with zero attached hydrogens (tertiary/aromatic N) is 1. The molecule has 14 heavy (non-hydrogen) atoms. The van der Waals surface area contributed by atoms with Crippen LogP contribution < -0.4 is 0 Å². The molecule has 1 aliphatic heterocycles. The number of rotatable bonds is 2. The van der Waals surface area contributed by atoms with Crippen LogP contribution in [0.1, 0.15) is 27.2 Å². The van der Waals surface area contributed by atoms with E-state index < -0.39 is 0 Å². The van der Waals surface area contributed by atoms with Gasteiger partial charge >= 0.3 is 5.97 Å². The second kappa shape index (κ2) is 4.34. The molecule has 1 heterocycles. The first-order valence-electron chi connectivity index (χ1n) is 4.70. The fourth-order valence-corrected chi connectivity index (χ4v) is 2.53. The van der Waals surface area contributed by atoms with Crippen LogP contribution in [0, 0.1) is 5.41 Å². The number of hydrogen-bond donors (Lipinski definition) is 0. The average molecular weight is 215 g/mol. The van der Waals surface area contributed by atoms with Gasteiger partial charge in [-0.3, -0.25) is 4.99 Å². The number of hydrogen-bond acceptors (Lipinski definition) is 4. The van der Waals surface area contributed by atoms with Crippen LogP contribution in [0.4, 0.5) is 0 Å². The highest BCUT2D eigenvalue weighted by molar-refractivity contribution is 8.14. The topological polar surface area (TPSA) is 38.7 Å². The first kappa shape index (κ1) is 11.6. The third-order valence-corrected chi connectivity index (χ3v) is 2.93. The fourth-order valence-electron chi connectivity index (χ4n) is 1.23. The molecule has 0 amide bonds. The summed E-state index contributed by atoms with van der Waals surface area (Å²) in [7, 11) is 1.41. The van der Waals surface area contributed by atoms with Gasteiger partial charge in [-0.05, 0) is 5.41 Å². The van der Waals surface area contributed by atoms with Crippen molar-refractivity contribution in [3.05, 3.63) is 0 Å². The lowest BCUT2D eigenvalue weighted by Gasteiger charge is -2.16. The Morgan fingerprint density at radius 2 is 2.29 bits per heavy atom. The van der Waals surface area contributed by atoms with Crippen LogP contribution in [-0.2, 0) is 9.53 Å². The van der Waals surface area contributed by atoms with Gasteiger partial charge < -0.3 is 4.74 Å². The zero-order valence-electron chi connectivity index (χ0n) is 9.16. The minimum Gasteiger partial charge on any atom is -0.467 e. The smallest absolute Gasteiger partial charge is 0.331 e. The molecule has 3 nitrogen and oxygen atoms in total. The van der Waals surface area contributed by atoms with Gasteiger partial charge in [0.1, 0.15) is 0 Å². The summed E-state index contributed by atoms with van der Waals surface area (Å²) in [5.41, 5.74) is 0.233. The van der Waals surface area contributed by atoms with Gasteiger partial charge in [0.2, 0.25) is 0 Å². The van der Waals surface area contributed by atoms with Crippen molar-refractivity contribution in [1.82, 2.24) is 0 Å². The van der Waals surface area contributed by atoms with Crippen molar-refractivity contribution in [1.29, 1.82) is 0 Å². The molecule has 0 radical (unpaired) electrons. The number of carbonyl (C=O) groups excluding carboxylic acids is 1. The van der Waals surface area contributed by atoms with Gasteiger partial charge in [-0.2, -0.15) is 0 Å². The molecule has 0 fully saturated rings. The largest absolute Gasteiger partial charge is 0.467 e. The van der Waals surface area contributed by atoms with E-state index in [0.29, 0.717) is 0 Å². The molecule has 0 aromatic heterocycles. The first-order chi connectivity index (χ1) is 6.42. The zero-order valence-corrected chi connectivity index (χ0v) is 9.98. The average Bonchev–Trinajstić information content (AvgIpc) is 2.48. The van der Waals surface area contributed by atoms with Crippen LogP contribution in [0.25, 0.3) is 0 Å². The minimum absolute atomic E-state index is 0.221. The third-order valence-electron chi connectivity index (χ3n) is 1.86. The molecule has 80 valence electrons. The summed E-state index contributed by atoms with van der Waals surface area (Å²) < 4.78 is 4.65. The van der Waals surface area contributed by atoms with E-state index in [9.17, 15) is 4.79 Å².